The van der Waals surface area contributed by atoms with Gasteiger partial charge < -0.3 is 5.32 Å². The van der Waals surface area contributed by atoms with Crippen LogP contribution in [0, 0.1) is 11.3 Å². The van der Waals surface area contributed by atoms with Crippen LogP contribution in [-0.4, -0.2) is 20.0 Å². The molecule has 0 radical (unpaired) electrons. The molecule has 22 heavy (non-hydrogen) atoms. The van der Waals surface area contributed by atoms with Gasteiger partial charge in [-0.15, -0.1) is 5.10 Å². The average molecular weight is 290 g/mol. The summed E-state index contributed by atoms with van der Waals surface area (Å²) < 4.78 is 1.74. The molecular weight excluding hydrogens is 276 g/mol. The van der Waals surface area contributed by atoms with Gasteiger partial charge >= 0.3 is 0 Å². The summed E-state index contributed by atoms with van der Waals surface area (Å²) in [5.41, 5.74) is 2.31. The Balaban J connectivity index is 1.74. The van der Waals surface area contributed by atoms with E-state index in [2.05, 4.69) is 20.6 Å². The van der Waals surface area contributed by atoms with Crippen molar-refractivity contribution in [3.05, 3.63) is 66.1 Å². The fraction of sp³-hybridized carbons (Fsp3) is 0.125. The number of anilines is 1. The molecule has 1 N–H and O–H groups in total. The standard InChI is InChI=1S/C16H14N6/c1-12(19-16-8-7-13(9-17)10-18-16)15-11-22(21-20-15)14-5-3-2-4-6-14/h2-8,10-12H,1H3,(H,18,19). The minimum absolute atomic E-state index is 0.0436. The Morgan fingerprint density at radius 1 is 1.18 bits per heavy atom. The summed E-state index contributed by atoms with van der Waals surface area (Å²) in [4.78, 5) is 4.19. The van der Waals surface area contributed by atoms with Crippen LogP contribution in [0.5, 0.6) is 0 Å². The van der Waals surface area contributed by atoms with Gasteiger partial charge in [-0.3, -0.25) is 0 Å². The molecule has 108 valence electrons. The molecule has 0 amide bonds. The number of nitrogens with one attached hydrogen (secondary N) is 1. The molecule has 1 aromatic carbocycles. The summed E-state index contributed by atoms with van der Waals surface area (Å²) in [6.07, 6.45) is 3.42. The van der Waals surface area contributed by atoms with Crippen molar-refractivity contribution >= 4 is 5.82 Å². The largest absolute Gasteiger partial charge is 0.362 e. The van der Waals surface area contributed by atoms with Crippen LogP contribution in [0.15, 0.2) is 54.9 Å². The predicted molar refractivity (Wildman–Crippen MR) is 82.3 cm³/mol. The van der Waals surface area contributed by atoms with Crippen LogP contribution in [0.3, 0.4) is 0 Å². The van der Waals surface area contributed by atoms with E-state index in [-0.39, 0.29) is 6.04 Å². The van der Waals surface area contributed by atoms with Crippen LogP contribution in [0.25, 0.3) is 5.69 Å². The molecule has 0 aliphatic rings. The number of nitrogens with zero attached hydrogens (tertiary/aromatic N) is 5. The Bertz CT molecular complexity index is 786. The normalized spacial score (nSPS) is 11.6. The summed E-state index contributed by atoms with van der Waals surface area (Å²) in [5.74, 6) is 0.695. The molecule has 3 aromatic rings. The highest BCUT2D eigenvalue weighted by molar-refractivity contribution is 5.40. The first-order chi connectivity index (χ1) is 10.8. The van der Waals surface area contributed by atoms with Gasteiger partial charge in [0.15, 0.2) is 0 Å². The number of aromatic nitrogens is 4. The van der Waals surface area contributed by atoms with E-state index in [0.29, 0.717) is 11.4 Å². The van der Waals surface area contributed by atoms with E-state index in [1.807, 2.05) is 49.5 Å². The fourth-order valence-corrected chi connectivity index (χ4v) is 2.02. The maximum Gasteiger partial charge on any atom is 0.126 e. The highest BCUT2D eigenvalue weighted by Gasteiger charge is 2.11. The van der Waals surface area contributed by atoms with Crippen molar-refractivity contribution < 1.29 is 0 Å². The van der Waals surface area contributed by atoms with Crippen LogP contribution in [-0.2, 0) is 0 Å². The lowest BCUT2D eigenvalue weighted by Crippen LogP contribution is -2.08. The molecule has 0 saturated carbocycles. The summed E-state index contributed by atoms with van der Waals surface area (Å²) in [6.45, 7) is 1.99. The Morgan fingerprint density at radius 2 is 2.00 bits per heavy atom. The second-order valence-corrected chi connectivity index (χ2v) is 4.83. The second kappa shape index (κ2) is 6.06. The maximum atomic E-state index is 8.77. The van der Waals surface area contributed by atoms with Crippen molar-refractivity contribution in [1.82, 2.24) is 20.0 Å². The van der Waals surface area contributed by atoms with Crippen molar-refractivity contribution in [3.8, 4) is 11.8 Å². The van der Waals surface area contributed by atoms with Gasteiger partial charge in [-0.2, -0.15) is 5.26 Å². The summed E-state index contributed by atoms with van der Waals surface area (Å²) in [6, 6.07) is 15.3. The van der Waals surface area contributed by atoms with Gasteiger partial charge in [0, 0.05) is 6.20 Å². The smallest absolute Gasteiger partial charge is 0.126 e. The molecule has 0 aliphatic heterocycles. The monoisotopic (exact) mass is 290 g/mol. The summed E-state index contributed by atoms with van der Waals surface area (Å²) in [7, 11) is 0. The number of rotatable bonds is 4. The molecule has 0 spiro atoms. The topological polar surface area (TPSA) is 79.4 Å². The third-order valence-corrected chi connectivity index (χ3v) is 3.23. The van der Waals surface area contributed by atoms with Gasteiger partial charge in [0.1, 0.15) is 17.6 Å². The number of benzene rings is 1. The van der Waals surface area contributed by atoms with Gasteiger partial charge in [-0.1, -0.05) is 23.4 Å². The zero-order chi connectivity index (χ0) is 15.4. The van der Waals surface area contributed by atoms with E-state index in [0.717, 1.165) is 11.4 Å². The molecule has 2 heterocycles. The van der Waals surface area contributed by atoms with Gasteiger partial charge in [0.2, 0.25) is 0 Å². The third kappa shape index (κ3) is 2.94. The van der Waals surface area contributed by atoms with E-state index in [1.54, 1.807) is 16.8 Å². The lowest BCUT2D eigenvalue weighted by Gasteiger charge is -2.11. The van der Waals surface area contributed by atoms with E-state index in [9.17, 15) is 0 Å². The molecule has 0 fully saturated rings. The van der Waals surface area contributed by atoms with Crippen molar-refractivity contribution in [2.75, 3.05) is 5.32 Å². The van der Waals surface area contributed by atoms with E-state index < -0.39 is 0 Å². The van der Waals surface area contributed by atoms with Crippen LogP contribution in [0.4, 0.5) is 5.82 Å². The predicted octanol–water partition coefficient (Wildman–Crippen LogP) is 2.71. The molecular formula is C16H14N6. The second-order valence-electron chi connectivity index (χ2n) is 4.83. The average Bonchev–Trinajstić information content (AvgIpc) is 3.06. The third-order valence-electron chi connectivity index (χ3n) is 3.23. The molecule has 2 aromatic heterocycles. The molecule has 0 aliphatic carbocycles. The fourth-order valence-electron chi connectivity index (χ4n) is 2.02. The van der Waals surface area contributed by atoms with Crippen molar-refractivity contribution in [1.29, 1.82) is 5.26 Å². The molecule has 0 saturated heterocycles. The van der Waals surface area contributed by atoms with Crippen molar-refractivity contribution in [2.45, 2.75) is 13.0 Å². The Morgan fingerprint density at radius 3 is 2.68 bits per heavy atom. The SMILES string of the molecule is CC(Nc1ccc(C#N)cn1)c1cn(-c2ccccc2)nn1. The van der Waals surface area contributed by atoms with E-state index in [4.69, 9.17) is 5.26 Å². The van der Waals surface area contributed by atoms with Gasteiger partial charge in [0.05, 0.1) is 23.5 Å². The quantitative estimate of drug-likeness (QED) is 0.799. The number of nitriles is 1. The Labute approximate surface area is 128 Å². The zero-order valence-corrected chi connectivity index (χ0v) is 12.0. The first kappa shape index (κ1) is 13.8. The first-order valence-electron chi connectivity index (χ1n) is 6.86. The van der Waals surface area contributed by atoms with E-state index >= 15 is 0 Å². The zero-order valence-electron chi connectivity index (χ0n) is 12.0. The number of hydrogen-bond acceptors (Lipinski definition) is 5. The molecule has 3 rings (SSSR count). The van der Waals surface area contributed by atoms with E-state index in [1.165, 1.54) is 6.20 Å². The number of para-hydroxylation sites is 1. The minimum Gasteiger partial charge on any atom is -0.362 e. The Kier molecular flexibility index (Phi) is 3.79. The molecule has 6 heteroatoms. The highest BCUT2D eigenvalue weighted by atomic mass is 15.4. The Hall–Kier alpha value is -3.20. The van der Waals surface area contributed by atoms with Crippen LogP contribution < -0.4 is 5.32 Å². The molecule has 0 bridgehead atoms. The first-order valence-corrected chi connectivity index (χ1v) is 6.86. The van der Waals surface area contributed by atoms with Crippen LogP contribution >= 0.6 is 0 Å². The van der Waals surface area contributed by atoms with Crippen molar-refractivity contribution in [2.24, 2.45) is 0 Å². The number of hydrogen-bond donors (Lipinski definition) is 1. The maximum absolute atomic E-state index is 8.77. The summed E-state index contributed by atoms with van der Waals surface area (Å²) in [5, 5.41) is 20.3. The minimum atomic E-state index is -0.0436. The lowest BCUT2D eigenvalue weighted by molar-refractivity contribution is 0.779. The molecule has 1 atom stereocenters. The summed E-state index contributed by atoms with van der Waals surface area (Å²) >= 11 is 0. The van der Waals surface area contributed by atoms with Gasteiger partial charge in [0.25, 0.3) is 0 Å². The van der Waals surface area contributed by atoms with Crippen LogP contribution in [0.1, 0.15) is 24.2 Å². The number of pyridine rings is 1. The van der Waals surface area contributed by atoms with Crippen molar-refractivity contribution in [3.63, 3.8) is 0 Å². The molecule has 1 unspecified atom stereocenters. The van der Waals surface area contributed by atoms with Gasteiger partial charge in [-0.25, -0.2) is 9.67 Å². The highest BCUT2D eigenvalue weighted by Crippen LogP contribution is 2.16. The van der Waals surface area contributed by atoms with Gasteiger partial charge in [-0.05, 0) is 31.2 Å². The lowest BCUT2D eigenvalue weighted by atomic mass is 10.2. The van der Waals surface area contributed by atoms with Crippen LogP contribution in [0.2, 0.25) is 0 Å². The molecule has 6 nitrogen and oxygen atoms in total.